The van der Waals surface area contributed by atoms with Gasteiger partial charge in [0.1, 0.15) is 48.6 Å². The third-order valence-electron chi connectivity index (χ3n) is 13.1. The Hall–Kier alpha value is -4.95. The number of Topliss-reactive ketones (excluding diaryl/α,β-unsaturated/α-hetero) is 1. The van der Waals surface area contributed by atoms with E-state index in [1.807, 2.05) is 47.6 Å². The lowest BCUT2D eigenvalue weighted by atomic mass is 9.84. The Morgan fingerprint density at radius 3 is 2.28 bits per heavy atom. The van der Waals surface area contributed by atoms with Crippen molar-refractivity contribution in [3.05, 3.63) is 42.7 Å². The van der Waals surface area contributed by atoms with Gasteiger partial charge in [0.2, 0.25) is 18.2 Å². The molecule has 0 saturated carbocycles. The molecule has 0 aliphatic carbocycles. The molecule has 1 aliphatic rings. The predicted molar refractivity (Wildman–Crippen MR) is 244 cm³/mol. The van der Waals surface area contributed by atoms with Crippen molar-refractivity contribution >= 4 is 24.3 Å². The van der Waals surface area contributed by atoms with Crippen LogP contribution in [0.15, 0.2) is 44.3 Å². The topological polar surface area (TPSA) is 251 Å². The van der Waals surface area contributed by atoms with Gasteiger partial charge < -0.3 is 57.4 Å². The third-order valence-corrected chi connectivity index (χ3v) is 13.1. The van der Waals surface area contributed by atoms with Gasteiger partial charge in [0.15, 0.2) is 17.3 Å². The summed E-state index contributed by atoms with van der Waals surface area (Å²) in [6.45, 7) is 11.4. The number of primary amides is 1. The molecular weight excluding hydrogens is 871 g/mol. The smallest absolute Gasteiger partial charge is 0.404 e. The summed E-state index contributed by atoms with van der Waals surface area (Å²) in [6.07, 6.45) is 5.81. The highest BCUT2D eigenvalue weighted by atomic mass is 16.6. The van der Waals surface area contributed by atoms with E-state index in [1.54, 1.807) is 34.6 Å². The van der Waals surface area contributed by atoms with Crippen molar-refractivity contribution in [2.45, 2.75) is 142 Å². The molecule has 374 valence electrons. The molecule has 19 nitrogen and oxygen atoms in total. The number of ketones is 1. The number of aryl methyl sites for hydroxylation is 1. The van der Waals surface area contributed by atoms with Crippen LogP contribution in [-0.2, 0) is 49.2 Å². The Morgan fingerprint density at radius 1 is 0.940 bits per heavy atom. The van der Waals surface area contributed by atoms with Crippen LogP contribution in [0.2, 0.25) is 0 Å². The number of carbonyl (C=O) groups excluding carboxylic acids is 4. The molecule has 3 aromatic heterocycles. The summed E-state index contributed by atoms with van der Waals surface area (Å²) < 4.78 is 52.7. The molecule has 3 N–H and O–H groups in total. The molecular formula is C48H73N5O14. The number of hydrogen-bond donors (Lipinski definition) is 2. The van der Waals surface area contributed by atoms with Gasteiger partial charge in [-0.05, 0) is 43.9 Å². The molecule has 6 bridgehead atoms. The fourth-order valence-electron chi connectivity index (χ4n) is 8.97. The van der Waals surface area contributed by atoms with Crippen LogP contribution in [0.25, 0.3) is 23.2 Å². The highest BCUT2D eigenvalue weighted by Crippen LogP contribution is 2.34. The molecule has 13 atom stereocenters. The maximum Gasteiger partial charge on any atom is 0.404 e. The largest absolute Gasteiger partial charge is 0.462 e. The van der Waals surface area contributed by atoms with Gasteiger partial charge in [0.05, 0.1) is 30.8 Å². The zero-order valence-corrected chi connectivity index (χ0v) is 41.0. The van der Waals surface area contributed by atoms with E-state index < -0.39 is 60.5 Å². The molecule has 0 aromatic carbocycles. The van der Waals surface area contributed by atoms with E-state index in [0.717, 1.165) is 0 Å². The maximum absolute atomic E-state index is 14.0. The average Bonchev–Trinajstić information content (AvgIpc) is 4.09. The lowest BCUT2D eigenvalue weighted by Crippen LogP contribution is -2.40. The Bertz CT molecular complexity index is 2020. The molecule has 0 fully saturated rings. The van der Waals surface area contributed by atoms with Crippen molar-refractivity contribution in [3.63, 3.8) is 0 Å². The quantitative estimate of drug-likeness (QED) is 0.101. The fourth-order valence-corrected chi connectivity index (χ4v) is 8.97. The molecule has 3 aromatic rings. The van der Waals surface area contributed by atoms with Gasteiger partial charge in [0, 0.05) is 84.6 Å². The number of nitrogens with two attached hydrogens (primary N) is 1. The molecule has 1 aliphatic heterocycles. The number of carbonyl (C=O) groups is 4. The van der Waals surface area contributed by atoms with E-state index >= 15 is 0 Å². The van der Waals surface area contributed by atoms with Gasteiger partial charge in [-0.2, -0.15) is 0 Å². The van der Waals surface area contributed by atoms with Gasteiger partial charge in [-0.1, -0.05) is 47.6 Å². The Kier molecular flexibility index (Phi) is 21.7. The van der Waals surface area contributed by atoms with E-state index in [2.05, 4.69) is 15.0 Å². The SMILES string of the molecule is CO[C@H]([C@H](C)/C=C/N(C)C=O)[C@@H](C)C(=O)CC[C@H](C)[C@H](C[C@@H]1OC(=O)C[C@@H](OC(N)=O)C[C@H](C)C[C@H](O)[C@H](C)[C@@H](OC)c2coc(n2)-c2coc(n2)-c2coc(n2)CCC[C@H](OC)[C@H]1C)OC. The third kappa shape index (κ3) is 15.8. The second kappa shape index (κ2) is 26.6. The molecule has 0 spiro atoms. The summed E-state index contributed by atoms with van der Waals surface area (Å²) in [5, 5.41) is 11.4. The summed E-state index contributed by atoms with van der Waals surface area (Å²) in [4.78, 5) is 65.9. The van der Waals surface area contributed by atoms with Crippen LogP contribution >= 0.6 is 0 Å². The predicted octanol–water partition coefficient (Wildman–Crippen LogP) is 7.12. The molecule has 4 rings (SSSR count). The minimum atomic E-state index is -1.05. The first-order valence-electron chi connectivity index (χ1n) is 23.1. The number of amides is 2. The summed E-state index contributed by atoms with van der Waals surface area (Å²) >= 11 is 0. The van der Waals surface area contributed by atoms with Crippen LogP contribution < -0.4 is 5.73 Å². The number of hydrogen-bond acceptors (Lipinski definition) is 17. The van der Waals surface area contributed by atoms with Crippen LogP contribution in [0.4, 0.5) is 4.79 Å². The number of fused-ring (bicyclic) bond motifs is 8. The van der Waals surface area contributed by atoms with Crippen molar-refractivity contribution in [3.8, 4) is 23.2 Å². The number of oxazole rings is 3. The molecule has 2 amide bonds. The van der Waals surface area contributed by atoms with Crippen molar-refractivity contribution < 1.29 is 66.0 Å². The van der Waals surface area contributed by atoms with Gasteiger partial charge in [-0.3, -0.25) is 14.4 Å². The standard InChI is InChI=1S/C48H73N5O14/c1-27-19-33(66-48(49)58)21-43(57)67-41(22-40(60-9)28(2)15-16-37(55)30(4)44(61-10)29(3)17-18-53(7)26-54)32(6)39(59-8)13-12-14-42-50-35(24-63-42)46-52-36(25-65-46)47-51-34(23-64-47)45(62-11)31(5)38(56)20-27/h17-18,23-33,38-41,44-45,56H,12-16,19-22H2,1-11H3,(H2,49,58)/b18-17+/t27-,28-,29+,30-,31-,32+,33-,38-,39-,40-,41-,44+,45+/m0/s1. The second-order valence-corrected chi connectivity index (χ2v) is 18.2. The fraction of sp³-hybridized carbons (Fsp3) is 0.688. The van der Waals surface area contributed by atoms with Gasteiger partial charge in [-0.25, -0.2) is 19.7 Å². The lowest BCUT2D eigenvalue weighted by molar-refractivity contribution is -0.160. The number of methoxy groups -OCH3 is 4. The van der Waals surface area contributed by atoms with Crippen LogP contribution in [-0.4, -0.2) is 121 Å². The maximum atomic E-state index is 14.0. The zero-order chi connectivity index (χ0) is 49.4. The number of rotatable bonds is 17. The van der Waals surface area contributed by atoms with E-state index in [9.17, 15) is 24.3 Å². The zero-order valence-electron chi connectivity index (χ0n) is 41.0. The summed E-state index contributed by atoms with van der Waals surface area (Å²) in [6, 6.07) is 0. The molecule has 19 heteroatoms. The number of cyclic esters (lactones) is 1. The van der Waals surface area contributed by atoms with Crippen LogP contribution in [0.1, 0.15) is 111 Å². The number of aromatic nitrogens is 3. The number of nitrogens with zero attached hydrogens (tertiary/aromatic N) is 4. The highest BCUT2D eigenvalue weighted by molar-refractivity contribution is 5.81. The van der Waals surface area contributed by atoms with E-state index in [0.29, 0.717) is 55.1 Å². The first-order valence-corrected chi connectivity index (χ1v) is 23.1. The van der Waals surface area contributed by atoms with Crippen molar-refractivity contribution in [2.75, 3.05) is 35.5 Å². The normalized spacial score (nSPS) is 26.0. The molecule has 0 unspecified atom stereocenters. The van der Waals surface area contributed by atoms with Crippen LogP contribution in [0.5, 0.6) is 0 Å². The second-order valence-electron chi connectivity index (χ2n) is 18.2. The lowest BCUT2D eigenvalue weighted by Gasteiger charge is -2.34. The Balaban J connectivity index is 1.58. The van der Waals surface area contributed by atoms with Crippen LogP contribution in [0.3, 0.4) is 0 Å². The van der Waals surface area contributed by atoms with Gasteiger partial charge >= 0.3 is 12.1 Å². The monoisotopic (exact) mass is 944 g/mol. The minimum absolute atomic E-state index is 0.0270. The summed E-state index contributed by atoms with van der Waals surface area (Å²) in [5.74, 6) is -1.50. The Labute approximate surface area is 393 Å². The first kappa shape index (κ1) is 54.7. The number of esters is 1. The van der Waals surface area contributed by atoms with E-state index in [1.165, 1.54) is 30.8 Å². The molecule has 0 saturated heterocycles. The van der Waals surface area contributed by atoms with Crippen LogP contribution in [0, 0.1) is 35.5 Å². The number of aliphatic hydroxyl groups is 1. The van der Waals surface area contributed by atoms with E-state index in [4.69, 9.17) is 47.4 Å². The van der Waals surface area contributed by atoms with Gasteiger partial charge in [-0.15, -0.1) is 0 Å². The van der Waals surface area contributed by atoms with Crippen molar-refractivity contribution in [1.82, 2.24) is 19.9 Å². The number of aliphatic hydroxyl groups excluding tert-OH is 1. The average molecular weight is 944 g/mol. The highest BCUT2D eigenvalue weighted by Gasteiger charge is 2.36. The summed E-state index contributed by atoms with van der Waals surface area (Å²) in [5.41, 5.74) is 6.67. The minimum Gasteiger partial charge on any atom is -0.462 e. The molecule has 0 radical (unpaired) electrons. The summed E-state index contributed by atoms with van der Waals surface area (Å²) in [7, 11) is 7.91. The number of ether oxygens (including phenoxy) is 6. The van der Waals surface area contributed by atoms with Gasteiger partial charge in [0.25, 0.3) is 0 Å². The molecule has 67 heavy (non-hydrogen) atoms. The van der Waals surface area contributed by atoms with Crippen molar-refractivity contribution in [1.29, 1.82) is 0 Å². The van der Waals surface area contributed by atoms with Crippen molar-refractivity contribution in [2.24, 2.45) is 41.2 Å². The van der Waals surface area contributed by atoms with E-state index in [-0.39, 0.29) is 79.4 Å². The molecule has 4 heterocycles. The first-order chi connectivity index (χ1) is 31.9. The Morgan fingerprint density at radius 2 is 1.63 bits per heavy atom.